The van der Waals surface area contributed by atoms with Gasteiger partial charge in [0.15, 0.2) is 5.84 Å². The van der Waals surface area contributed by atoms with Crippen molar-refractivity contribution in [2.75, 3.05) is 0 Å². The number of nitrogens with zero attached hydrogens (tertiary/aromatic N) is 3. The van der Waals surface area contributed by atoms with Crippen LogP contribution in [0.2, 0.25) is 5.02 Å². The number of nitro groups is 1. The zero-order valence-electron chi connectivity index (χ0n) is 17.1. The van der Waals surface area contributed by atoms with Gasteiger partial charge in [-0.3, -0.25) is 10.1 Å². The van der Waals surface area contributed by atoms with Gasteiger partial charge < -0.3 is 9.74 Å². The van der Waals surface area contributed by atoms with Gasteiger partial charge in [0, 0.05) is 28.8 Å². The highest BCUT2D eigenvalue weighted by atomic mass is 35.5. The number of hydrogen-bond acceptors (Lipinski definition) is 5. The third-order valence-corrected chi connectivity index (χ3v) is 8.05. The molecule has 7 heteroatoms. The summed E-state index contributed by atoms with van der Waals surface area (Å²) >= 11 is 6.57. The molecule has 0 amide bonds. The normalized spacial score (nSPS) is 33.3. The van der Waals surface area contributed by atoms with Crippen LogP contribution in [0, 0.1) is 27.9 Å². The number of halogens is 1. The zero-order valence-corrected chi connectivity index (χ0v) is 17.9. The fourth-order valence-corrected chi connectivity index (χ4v) is 7.16. The van der Waals surface area contributed by atoms with Crippen molar-refractivity contribution < 1.29 is 9.76 Å². The third-order valence-electron chi connectivity index (χ3n) is 7.71. The predicted molar refractivity (Wildman–Crippen MR) is 118 cm³/mol. The number of oxime groups is 1. The molecule has 1 atom stereocenters. The first kappa shape index (κ1) is 19.1. The second-order valence-electron chi connectivity index (χ2n) is 9.71. The predicted octanol–water partition coefficient (Wildman–Crippen LogP) is 5.91. The highest BCUT2D eigenvalue weighted by Crippen LogP contribution is 2.60. The second-order valence-corrected chi connectivity index (χ2v) is 10.1. The Morgan fingerprint density at radius 1 is 1.03 bits per heavy atom. The van der Waals surface area contributed by atoms with Crippen LogP contribution in [0.3, 0.4) is 0 Å². The standard InChI is InChI=1S/C24H24ClN3O3/c25-21-7-6-19(28(29)30)11-20(21)23-27(22(26-31-23)18-4-2-1-3-5-18)24-12-15-8-16(13-24)10-17(9-15)14-24/h1-7,11,15-17,23H,8-10,12-14H2. The SMILES string of the molecule is O=[N+]([O-])c1ccc(Cl)c(C2ON=C(c3ccccc3)N2C23CC4CC(CC(C4)C2)C3)c1. The Morgan fingerprint density at radius 3 is 2.29 bits per heavy atom. The van der Waals surface area contributed by atoms with Crippen molar-refractivity contribution in [3.63, 3.8) is 0 Å². The minimum absolute atomic E-state index is 0.0154. The molecule has 1 aliphatic heterocycles. The maximum Gasteiger partial charge on any atom is 0.270 e. The topological polar surface area (TPSA) is 68.0 Å². The Balaban J connectivity index is 1.47. The van der Waals surface area contributed by atoms with Crippen LogP contribution in [0.15, 0.2) is 53.7 Å². The lowest BCUT2D eigenvalue weighted by atomic mass is 9.52. The van der Waals surface area contributed by atoms with E-state index < -0.39 is 6.23 Å². The minimum Gasteiger partial charge on any atom is -0.363 e. The van der Waals surface area contributed by atoms with Gasteiger partial charge in [-0.25, -0.2) is 0 Å². The summed E-state index contributed by atoms with van der Waals surface area (Å²) in [5.74, 6) is 3.04. The van der Waals surface area contributed by atoms with Gasteiger partial charge in [-0.1, -0.05) is 47.1 Å². The van der Waals surface area contributed by atoms with Gasteiger partial charge in [0.25, 0.3) is 5.69 Å². The van der Waals surface area contributed by atoms with Crippen molar-refractivity contribution in [3.8, 4) is 0 Å². The van der Waals surface area contributed by atoms with Crippen molar-refractivity contribution in [1.29, 1.82) is 0 Å². The fraction of sp³-hybridized carbons (Fsp3) is 0.458. The lowest BCUT2D eigenvalue weighted by Crippen LogP contribution is -2.61. The summed E-state index contributed by atoms with van der Waals surface area (Å²) in [6.45, 7) is 0. The van der Waals surface area contributed by atoms with Crippen LogP contribution in [0.25, 0.3) is 0 Å². The van der Waals surface area contributed by atoms with E-state index in [1.54, 1.807) is 12.1 Å². The van der Waals surface area contributed by atoms with Crippen molar-refractivity contribution in [2.45, 2.75) is 50.3 Å². The minimum atomic E-state index is -0.557. The molecule has 0 N–H and O–H groups in total. The highest BCUT2D eigenvalue weighted by Gasteiger charge is 2.57. The molecule has 4 saturated carbocycles. The summed E-state index contributed by atoms with van der Waals surface area (Å²) in [6.07, 6.45) is 6.79. The monoisotopic (exact) mass is 437 g/mol. The molecule has 7 rings (SSSR count). The van der Waals surface area contributed by atoms with Crippen molar-refractivity contribution in [3.05, 3.63) is 74.8 Å². The first-order valence-corrected chi connectivity index (χ1v) is 11.4. The molecule has 160 valence electrons. The molecular formula is C24H24ClN3O3. The molecule has 31 heavy (non-hydrogen) atoms. The average Bonchev–Trinajstić information content (AvgIpc) is 3.19. The van der Waals surface area contributed by atoms with Gasteiger partial charge in [-0.15, -0.1) is 0 Å². The summed E-state index contributed by atoms with van der Waals surface area (Å²) in [4.78, 5) is 19.4. The molecule has 5 aliphatic rings. The van der Waals surface area contributed by atoms with E-state index in [4.69, 9.17) is 16.4 Å². The average molecular weight is 438 g/mol. The quantitative estimate of drug-likeness (QED) is 0.440. The van der Waals surface area contributed by atoms with Crippen molar-refractivity contribution >= 4 is 23.1 Å². The Bertz CT molecular complexity index is 1040. The van der Waals surface area contributed by atoms with Gasteiger partial charge in [0.2, 0.25) is 6.23 Å². The molecule has 2 aromatic rings. The van der Waals surface area contributed by atoms with Crippen LogP contribution in [-0.2, 0) is 4.84 Å². The van der Waals surface area contributed by atoms with E-state index in [2.05, 4.69) is 10.1 Å². The molecule has 2 aromatic carbocycles. The molecule has 1 heterocycles. The number of amidine groups is 1. The molecule has 1 unspecified atom stereocenters. The molecule has 6 nitrogen and oxygen atoms in total. The highest BCUT2D eigenvalue weighted by molar-refractivity contribution is 6.31. The Hall–Kier alpha value is -2.60. The van der Waals surface area contributed by atoms with E-state index in [0.29, 0.717) is 10.6 Å². The number of nitro benzene ring substituents is 1. The van der Waals surface area contributed by atoms with E-state index >= 15 is 0 Å². The molecule has 0 radical (unpaired) electrons. The lowest BCUT2D eigenvalue weighted by Gasteiger charge is -2.60. The van der Waals surface area contributed by atoms with E-state index in [1.807, 2.05) is 30.3 Å². The van der Waals surface area contributed by atoms with E-state index in [1.165, 1.54) is 25.3 Å². The summed E-state index contributed by atoms with van der Waals surface area (Å²) in [7, 11) is 0. The molecule has 4 fully saturated rings. The van der Waals surface area contributed by atoms with Gasteiger partial charge in [0.05, 0.1) is 9.95 Å². The Kier molecular flexibility index (Phi) is 4.29. The Morgan fingerprint density at radius 2 is 1.68 bits per heavy atom. The molecule has 0 spiro atoms. The summed E-state index contributed by atoms with van der Waals surface area (Å²) in [5, 5.41) is 16.4. The van der Waals surface area contributed by atoms with Crippen LogP contribution in [0.4, 0.5) is 5.69 Å². The maximum atomic E-state index is 11.4. The molecule has 0 saturated heterocycles. The van der Waals surface area contributed by atoms with Gasteiger partial charge in [-0.2, -0.15) is 0 Å². The molecule has 4 aliphatic carbocycles. The van der Waals surface area contributed by atoms with Crippen LogP contribution in [0.1, 0.15) is 55.9 Å². The number of rotatable bonds is 4. The lowest BCUT2D eigenvalue weighted by molar-refractivity contribution is -0.385. The number of benzene rings is 2. The van der Waals surface area contributed by atoms with Gasteiger partial charge >= 0.3 is 0 Å². The van der Waals surface area contributed by atoms with Crippen LogP contribution < -0.4 is 0 Å². The fourth-order valence-electron chi connectivity index (χ4n) is 6.94. The van der Waals surface area contributed by atoms with Crippen LogP contribution in [-0.4, -0.2) is 21.2 Å². The largest absolute Gasteiger partial charge is 0.363 e. The van der Waals surface area contributed by atoms with Crippen LogP contribution in [0.5, 0.6) is 0 Å². The smallest absolute Gasteiger partial charge is 0.270 e. The van der Waals surface area contributed by atoms with Crippen molar-refractivity contribution in [2.24, 2.45) is 22.9 Å². The number of hydrogen-bond donors (Lipinski definition) is 0. The summed E-state index contributed by atoms with van der Waals surface area (Å²) in [5.41, 5.74) is 1.59. The molecular weight excluding hydrogens is 414 g/mol. The number of non-ortho nitro benzene ring substituents is 1. The summed E-state index contributed by atoms with van der Waals surface area (Å²) < 4.78 is 0. The van der Waals surface area contributed by atoms with Crippen LogP contribution >= 0.6 is 11.6 Å². The van der Waals surface area contributed by atoms with Gasteiger partial charge in [0.1, 0.15) is 0 Å². The zero-order chi connectivity index (χ0) is 21.2. The van der Waals surface area contributed by atoms with E-state index in [9.17, 15) is 10.1 Å². The van der Waals surface area contributed by atoms with E-state index in [-0.39, 0.29) is 16.1 Å². The maximum absolute atomic E-state index is 11.4. The summed E-state index contributed by atoms with van der Waals surface area (Å²) in [6, 6.07) is 14.7. The Labute approximate surface area is 186 Å². The second kappa shape index (κ2) is 6.95. The third kappa shape index (κ3) is 3.03. The first-order chi connectivity index (χ1) is 15.0. The van der Waals surface area contributed by atoms with Crippen molar-refractivity contribution in [1.82, 2.24) is 4.90 Å². The molecule has 0 aromatic heterocycles. The van der Waals surface area contributed by atoms with Gasteiger partial charge in [-0.05, 0) is 62.3 Å². The molecule has 4 bridgehead atoms. The first-order valence-electron chi connectivity index (χ1n) is 11.0. The van der Waals surface area contributed by atoms with E-state index in [0.717, 1.165) is 48.4 Å².